The molecule has 0 aliphatic carbocycles. The van der Waals surface area contributed by atoms with E-state index in [2.05, 4.69) is 52.8 Å². The minimum atomic E-state index is -0.148. The molecular weight excluding hydrogens is 410 g/mol. The fraction of sp³-hybridized carbons (Fsp3) is 0.259. The number of para-hydroxylation sites is 1. The number of benzene rings is 3. The van der Waals surface area contributed by atoms with Crippen molar-refractivity contribution in [3.8, 4) is 0 Å². The Bertz CT molecular complexity index is 1230. The fourth-order valence-corrected chi connectivity index (χ4v) is 4.57. The molecule has 1 aliphatic heterocycles. The summed E-state index contributed by atoms with van der Waals surface area (Å²) < 4.78 is 2.04. The van der Waals surface area contributed by atoms with E-state index in [1.165, 1.54) is 5.56 Å². The molecule has 1 atom stereocenters. The first kappa shape index (κ1) is 21.2. The lowest BCUT2D eigenvalue weighted by Crippen LogP contribution is -2.43. The van der Waals surface area contributed by atoms with Gasteiger partial charge in [-0.3, -0.25) is 9.48 Å². The predicted octanol–water partition coefficient (Wildman–Crippen LogP) is 4.70. The van der Waals surface area contributed by atoms with E-state index < -0.39 is 0 Å². The second-order valence-corrected chi connectivity index (χ2v) is 8.38. The Hall–Kier alpha value is -3.64. The van der Waals surface area contributed by atoms with Crippen LogP contribution in [0.5, 0.6) is 0 Å². The van der Waals surface area contributed by atoms with Crippen LogP contribution in [0, 0.1) is 0 Å². The van der Waals surface area contributed by atoms with Crippen LogP contribution in [-0.4, -0.2) is 41.9 Å². The maximum absolute atomic E-state index is 13.1. The normalized spacial score (nSPS) is 14.9. The highest BCUT2D eigenvalue weighted by Gasteiger charge is 2.20. The number of carbonyl (C=O) groups is 1. The van der Waals surface area contributed by atoms with E-state index >= 15 is 0 Å². The molecule has 6 nitrogen and oxygen atoms in total. The number of carbonyl (C=O) groups excluding carboxylic acids is 1. The van der Waals surface area contributed by atoms with Gasteiger partial charge in [0.05, 0.1) is 11.6 Å². The number of hydrogen-bond acceptors (Lipinski definition) is 4. The van der Waals surface area contributed by atoms with Crippen LogP contribution in [0.1, 0.15) is 35.3 Å². The third kappa shape index (κ3) is 4.34. The molecule has 1 unspecified atom stereocenters. The number of nitrogens with one attached hydrogen (secondary N) is 2. The molecular formula is C27H29N5O. The molecule has 0 radical (unpaired) electrons. The molecule has 1 fully saturated rings. The van der Waals surface area contributed by atoms with Crippen molar-refractivity contribution >= 4 is 28.3 Å². The van der Waals surface area contributed by atoms with Gasteiger partial charge in [0.15, 0.2) is 5.82 Å². The second-order valence-electron chi connectivity index (χ2n) is 8.38. The Kier molecular flexibility index (Phi) is 6.09. The summed E-state index contributed by atoms with van der Waals surface area (Å²) in [5, 5.41) is 12.2. The van der Waals surface area contributed by atoms with Gasteiger partial charge in [0.25, 0.3) is 5.91 Å². The lowest BCUT2D eigenvalue weighted by Gasteiger charge is -2.29. The first-order valence-corrected chi connectivity index (χ1v) is 11.6. The highest BCUT2D eigenvalue weighted by molar-refractivity contribution is 6.08. The van der Waals surface area contributed by atoms with Gasteiger partial charge in [-0.25, -0.2) is 0 Å². The number of fused-ring (bicyclic) bond motifs is 1. The largest absolute Gasteiger partial charge is 0.369 e. The third-order valence-corrected chi connectivity index (χ3v) is 6.32. The molecule has 0 bridgehead atoms. The van der Waals surface area contributed by atoms with Crippen molar-refractivity contribution in [3.05, 3.63) is 90.0 Å². The second kappa shape index (κ2) is 9.46. The Balaban J connectivity index is 1.41. The molecule has 3 aromatic carbocycles. The van der Waals surface area contributed by atoms with E-state index in [9.17, 15) is 4.79 Å². The molecule has 1 aliphatic rings. The summed E-state index contributed by atoms with van der Waals surface area (Å²) in [5.41, 5.74) is 3.99. The van der Waals surface area contributed by atoms with Crippen molar-refractivity contribution < 1.29 is 4.79 Å². The number of amides is 1. The predicted molar refractivity (Wildman–Crippen MR) is 134 cm³/mol. The van der Waals surface area contributed by atoms with Gasteiger partial charge in [0, 0.05) is 42.8 Å². The SMILES string of the molecule is CCC(c1ccccc1)n1nc(NC(=O)c2ccc(N3CCNCC3)cc2)c2ccccc21. The van der Waals surface area contributed by atoms with Gasteiger partial charge in [-0.1, -0.05) is 49.4 Å². The molecule has 0 spiro atoms. The van der Waals surface area contributed by atoms with Crippen molar-refractivity contribution in [3.63, 3.8) is 0 Å². The van der Waals surface area contributed by atoms with Crippen molar-refractivity contribution in [1.82, 2.24) is 15.1 Å². The van der Waals surface area contributed by atoms with E-state index in [1.807, 2.05) is 53.2 Å². The van der Waals surface area contributed by atoms with Crippen molar-refractivity contribution in [1.29, 1.82) is 0 Å². The summed E-state index contributed by atoms with van der Waals surface area (Å²) in [7, 11) is 0. The van der Waals surface area contributed by atoms with Crippen LogP contribution >= 0.6 is 0 Å². The van der Waals surface area contributed by atoms with Gasteiger partial charge in [-0.2, -0.15) is 5.10 Å². The van der Waals surface area contributed by atoms with Crippen molar-refractivity contribution in [2.75, 3.05) is 36.4 Å². The van der Waals surface area contributed by atoms with E-state index in [0.29, 0.717) is 11.4 Å². The van der Waals surface area contributed by atoms with Crippen LogP contribution in [0.15, 0.2) is 78.9 Å². The zero-order chi connectivity index (χ0) is 22.6. The Morgan fingerprint density at radius 3 is 2.39 bits per heavy atom. The maximum atomic E-state index is 13.1. The van der Waals surface area contributed by atoms with Gasteiger partial charge in [0.1, 0.15) is 0 Å². The molecule has 2 heterocycles. The minimum absolute atomic E-state index is 0.0973. The average molecular weight is 440 g/mol. The number of rotatable bonds is 6. The fourth-order valence-electron chi connectivity index (χ4n) is 4.57. The van der Waals surface area contributed by atoms with Crippen molar-refractivity contribution in [2.45, 2.75) is 19.4 Å². The molecule has 5 rings (SSSR count). The van der Waals surface area contributed by atoms with Gasteiger partial charge >= 0.3 is 0 Å². The van der Waals surface area contributed by atoms with Crippen LogP contribution in [0.3, 0.4) is 0 Å². The molecule has 1 aromatic heterocycles. The molecule has 1 amide bonds. The van der Waals surface area contributed by atoms with Gasteiger partial charge in [0.2, 0.25) is 0 Å². The van der Waals surface area contributed by atoms with Crippen molar-refractivity contribution in [2.24, 2.45) is 0 Å². The zero-order valence-electron chi connectivity index (χ0n) is 18.9. The first-order chi connectivity index (χ1) is 16.2. The average Bonchev–Trinajstić information content (AvgIpc) is 3.24. The van der Waals surface area contributed by atoms with Crippen LogP contribution in [0.2, 0.25) is 0 Å². The lowest BCUT2D eigenvalue weighted by atomic mass is 10.0. The molecule has 0 saturated carbocycles. The Labute approximate surface area is 194 Å². The summed E-state index contributed by atoms with van der Waals surface area (Å²) in [6.45, 7) is 6.09. The summed E-state index contributed by atoms with van der Waals surface area (Å²) in [4.78, 5) is 15.4. The molecule has 168 valence electrons. The maximum Gasteiger partial charge on any atom is 0.256 e. The van der Waals surface area contributed by atoms with E-state index in [1.54, 1.807) is 0 Å². The van der Waals surface area contributed by atoms with Gasteiger partial charge < -0.3 is 15.5 Å². The van der Waals surface area contributed by atoms with Crippen LogP contribution < -0.4 is 15.5 Å². The van der Waals surface area contributed by atoms with Crippen LogP contribution in [0.4, 0.5) is 11.5 Å². The van der Waals surface area contributed by atoms with E-state index in [0.717, 1.165) is 49.2 Å². The molecule has 6 heteroatoms. The molecule has 33 heavy (non-hydrogen) atoms. The summed E-state index contributed by atoms with van der Waals surface area (Å²) in [6, 6.07) is 26.4. The van der Waals surface area contributed by atoms with Gasteiger partial charge in [-0.05, 0) is 48.4 Å². The van der Waals surface area contributed by atoms with Crippen LogP contribution in [0.25, 0.3) is 10.9 Å². The lowest BCUT2D eigenvalue weighted by molar-refractivity contribution is 0.102. The molecule has 4 aromatic rings. The standard InChI is InChI=1S/C27H29N5O/c1-2-24(20-8-4-3-5-9-20)32-25-11-7-6-10-23(25)26(30-32)29-27(33)21-12-14-22(15-13-21)31-18-16-28-17-19-31/h3-15,24,28H,2,16-19H2,1H3,(H,29,30,33). The topological polar surface area (TPSA) is 62.2 Å². The van der Waals surface area contributed by atoms with E-state index in [4.69, 9.17) is 5.10 Å². The number of anilines is 2. The Morgan fingerprint density at radius 1 is 0.970 bits per heavy atom. The quantitative estimate of drug-likeness (QED) is 0.457. The summed E-state index contributed by atoms with van der Waals surface area (Å²) in [5.74, 6) is 0.446. The zero-order valence-corrected chi connectivity index (χ0v) is 18.9. The number of aromatic nitrogens is 2. The minimum Gasteiger partial charge on any atom is -0.369 e. The first-order valence-electron chi connectivity index (χ1n) is 11.6. The number of nitrogens with zero attached hydrogens (tertiary/aromatic N) is 3. The van der Waals surface area contributed by atoms with Crippen LogP contribution in [-0.2, 0) is 0 Å². The highest BCUT2D eigenvalue weighted by atomic mass is 16.1. The van der Waals surface area contributed by atoms with E-state index in [-0.39, 0.29) is 11.9 Å². The van der Waals surface area contributed by atoms with Gasteiger partial charge in [-0.15, -0.1) is 0 Å². The summed E-state index contributed by atoms with van der Waals surface area (Å²) in [6.07, 6.45) is 0.899. The summed E-state index contributed by atoms with van der Waals surface area (Å²) >= 11 is 0. The number of piperazine rings is 1. The smallest absolute Gasteiger partial charge is 0.256 e. The third-order valence-electron chi connectivity index (χ3n) is 6.32. The molecule has 1 saturated heterocycles. The molecule has 2 N–H and O–H groups in total. The monoisotopic (exact) mass is 439 g/mol. The Morgan fingerprint density at radius 2 is 1.67 bits per heavy atom. The number of hydrogen-bond donors (Lipinski definition) is 2. The highest BCUT2D eigenvalue weighted by Crippen LogP contribution is 2.30.